The Morgan fingerprint density at radius 2 is 2.33 bits per heavy atom. The number of nitriles is 1. The lowest BCUT2D eigenvalue weighted by Gasteiger charge is -1.94. The largest absolute Gasteiger partial charge is 0.192 e. The summed E-state index contributed by atoms with van der Waals surface area (Å²) in [7, 11) is 0. The number of nitrogens with zero attached hydrogens (tertiary/aromatic N) is 1. The Labute approximate surface area is 85.9 Å². The Hall–Kier alpha value is -0.820. The topological polar surface area (TPSA) is 23.8 Å². The lowest BCUT2D eigenvalue weighted by atomic mass is 10.1. The van der Waals surface area contributed by atoms with E-state index in [9.17, 15) is 0 Å². The molecule has 0 aromatic heterocycles. The van der Waals surface area contributed by atoms with Crippen molar-refractivity contribution in [1.29, 1.82) is 5.26 Å². The van der Waals surface area contributed by atoms with E-state index in [0.29, 0.717) is 3.58 Å². The van der Waals surface area contributed by atoms with Crippen LogP contribution in [0.5, 0.6) is 0 Å². The maximum Gasteiger partial charge on any atom is 0.106 e. The molecule has 0 aliphatic carbocycles. The minimum Gasteiger partial charge on any atom is -0.192 e. The third-order valence-corrected chi connectivity index (χ3v) is 1.99. The van der Waals surface area contributed by atoms with Gasteiger partial charge in [0.1, 0.15) is 6.07 Å². The van der Waals surface area contributed by atoms with Crippen LogP contribution in [-0.2, 0) is 0 Å². The molecule has 0 N–H and O–H groups in total. The molecule has 2 heteroatoms. The molecule has 0 atom stereocenters. The molecule has 0 radical (unpaired) electrons. The van der Waals surface area contributed by atoms with E-state index >= 15 is 0 Å². The molecule has 0 bridgehead atoms. The molecule has 60 valence electrons. The van der Waals surface area contributed by atoms with Crippen molar-refractivity contribution in [3.63, 3.8) is 0 Å². The molecule has 1 nitrogen and oxygen atoms in total. The number of aryl methyl sites for hydroxylation is 1. The molecule has 1 aromatic carbocycles. The van der Waals surface area contributed by atoms with E-state index in [4.69, 9.17) is 5.26 Å². The zero-order valence-corrected chi connectivity index (χ0v) is 8.87. The van der Waals surface area contributed by atoms with E-state index in [1.807, 2.05) is 53.8 Å². The highest BCUT2D eigenvalue weighted by Gasteiger charge is 1.90. The van der Waals surface area contributed by atoms with Gasteiger partial charge in [0.2, 0.25) is 0 Å². The molecule has 0 saturated heterocycles. The van der Waals surface area contributed by atoms with Gasteiger partial charge in [-0.25, -0.2) is 0 Å². The first-order valence-corrected chi connectivity index (χ1v) is 4.64. The number of allylic oxidation sites excluding steroid dienone is 1. The molecular weight excluding hydrogens is 261 g/mol. The Morgan fingerprint density at radius 1 is 1.58 bits per heavy atom. The summed E-state index contributed by atoms with van der Waals surface area (Å²) in [5, 5.41) is 8.54. The molecule has 0 fully saturated rings. The van der Waals surface area contributed by atoms with Crippen molar-refractivity contribution in [3.8, 4) is 6.07 Å². The van der Waals surface area contributed by atoms with E-state index in [1.165, 1.54) is 5.56 Å². The monoisotopic (exact) mass is 269 g/mol. The molecule has 0 spiro atoms. The van der Waals surface area contributed by atoms with Crippen molar-refractivity contribution in [2.45, 2.75) is 6.92 Å². The molecule has 0 aliphatic heterocycles. The second kappa shape index (κ2) is 4.27. The maximum absolute atomic E-state index is 8.54. The zero-order chi connectivity index (χ0) is 8.97. The minimum atomic E-state index is 0.707. The van der Waals surface area contributed by atoms with Gasteiger partial charge in [-0.1, -0.05) is 29.8 Å². The molecule has 0 amide bonds. The normalized spacial score (nSPS) is 10.9. The molecule has 1 rings (SSSR count). The van der Waals surface area contributed by atoms with E-state index in [0.717, 1.165) is 5.56 Å². The summed E-state index contributed by atoms with van der Waals surface area (Å²) in [4.78, 5) is 0. The second-order valence-electron chi connectivity index (χ2n) is 2.52. The first kappa shape index (κ1) is 9.27. The second-order valence-corrected chi connectivity index (χ2v) is 3.68. The Kier molecular flexibility index (Phi) is 3.30. The van der Waals surface area contributed by atoms with Crippen molar-refractivity contribution < 1.29 is 0 Å². The summed E-state index contributed by atoms with van der Waals surface area (Å²) in [6.45, 7) is 2.04. The Balaban J connectivity index is 2.99. The van der Waals surface area contributed by atoms with Crippen LogP contribution in [0.2, 0.25) is 0 Å². The van der Waals surface area contributed by atoms with E-state index in [-0.39, 0.29) is 0 Å². The SMILES string of the molecule is Cc1cccc(/C=C(\I)C#N)c1. The minimum absolute atomic E-state index is 0.707. The number of halogens is 1. The van der Waals surface area contributed by atoms with E-state index in [1.54, 1.807) is 0 Å². The van der Waals surface area contributed by atoms with Crippen LogP contribution in [-0.4, -0.2) is 0 Å². The van der Waals surface area contributed by atoms with E-state index in [2.05, 4.69) is 12.1 Å². The third-order valence-electron chi connectivity index (χ3n) is 1.44. The summed E-state index contributed by atoms with van der Waals surface area (Å²) in [6.07, 6.45) is 1.87. The summed E-state index contributed by atoms with van der Waals surface area (Å²) >= 11 is 2.02. The van der Waals surface area contributed by atoms with Crippen LogP contribution in [0, 0.1) is 18.3 Å². The lowest BCUT2D eigenvalue weighted by Crippen LogP contribution is -1.74. The fourth-order valence-corrected chi connectivity index (χ4v) is 1.30. The summed E-state index contributed by atoms with van der Waals surface area (Å²) in [5.74, 6) is 0. The summed E-state index contributed by atoms with van der Waals surface area (Å²) < 4.78 is 0.707. The average molecular weight is 269 g/mol. The van der Waals surface area contributed by atoms with Gasteiger partial charge in [0, 0.05) is 0 Å². The zero-order valence-electron chi connectivity index (χ0n) is 6.71. The Morgan fingerprint density at radius 3 is 2.92 bits per heavy atom. The lowest BCUT2D eigenvalue weighted by molar-refractivity contribution is 1.46. The molecule has 12 heavy (non-hydrogen) atoms. The van der Waals surface area contributed by atoms with Crippen LogP contribution in [0.25, 0.3) is 6.08 Å². The quantitative estimate of drug-likeness (QED) is 0.567. The number of rotatable bonds is 1. The van der Waals surface area contributed by atoms with Crippen LogP contribution < -0.4 is 0 Å². The predicted octanol–water partition coefficient (Wildman–Crippen LogP) is 3.29. The summed E-state index contributed by atoms with van der Waals surface area (Å²) in [5.41, 5.74) is 2.30. The maximum atomic E-state index is 8.54. The standard InChI is InChI=1S/C10H8IN/c1-8-3-2-4-9(5-8)6-10(11)7-12/h2-6H,1H3/b10-6-. The van der Waals surface area contributed by atoms with Gasteiger partial charge in [-0.3, -0.25) is 0 Å². The van der Waals surface area contributed by atoms with Crippen LogP contribution in [0.15, 0.2) is 27.8 Å². The molecule has 1 aromatic rings. The average Bonchev–Trinajstić information content (AvgIpc) is 2.04. The van der Waals surface area contributed by atoms with Crippen molar-refractivity contribution >= 4 is 28.7 Å². The molecule has 0 saturated carbocycles. The van der Waals surface area contributed by atoms with Crippen molar-refractivity contribution in [2.24, 2.45) is 0 Å². The van der Waals surface area contributed by atoms with Gasteiger partial charge >= 0.3 is 0 Å². The van der Waals surface area contributed by atoms with Gasteiger partial charge in [0.05, 0.1) is 3.58 Å². The molecular formula is C10H8IN. The fourth-order valence-electron chi connectivity index (χ4n) is 0.939. The Bertz CT molecular complexity index is 347. The fraction of sp³-hybridized carbons (Fsp3) is 0.100. The highest BCUT2D eigenvalue weighted by Crippen LogP contribution is 2.12. The van der Waals surface area contributed by atoms with Crippen molar-refractivity contribution in [2.75, 3.05) is 0 Å². The first-order valence-electron chi connectivity index (χ1n) is 3.56. The van der Waals surface area contributed by atoms with Gasteiger partial charge in [0.15, 0.2) is 0 Å². The van der Waals surface area contributed by atoms with Crippen LogP contribution >= 0.6 is 22.6 Å². The first-order chi connectivity index (χ1) is 5.72. The predicted molar refractivity (Wildman–Crippen MR) is 58.8 cm³/mol. The number of hydrogen-bond donors (Lipinski definition) is 0. The van der Waals surface area contributed by atoms with E-state index < -0.39 is 0 Å². The molecule has 0 aliphatic rings. The van der Waals surface area contributed by atoms with Gasteiger partial charge in [0.25, 0.3) is 0 Å². The van der Waals surface area contributed by atoms with Crippen LogP contribution in [0.3, 0.4) is 0 Å². The summed E-state index contributed by atoms with van der Waals surface area (Å²) in [6, 6.07) is 10.1. The molecule has 0 heterocycles. The van der Waals surface area contributed by atoms with Crippen LogP contribution in [0.4, 0.5) is 0 Å². The van der Waals surface area contributed by atoms with Gasteiger partial charge in [-0.2, -0.15) is 5.26 Å². The molecule has 0 unspecified atom stereocenters. The third kappa shape index (κ3) is 2.67. The van der Waals surface area contributed by atoms with Crippen molar-refractivity contribution in [3.05, 3.63) is 39.0 Å². The number of hydrogen-bond acceptors (Lipinski definition) is 1. The highest BCUT2D eigenvalue weighted by atomic mass is 127. The van der Waals surface area contributed by atoms with Gasteiger partial charge in [-0.15, -0.1) is 0 Å². The van der Waals surface area contributed by atoms with Gasteiger partial charge < -0.3 is 0 Å². The van der Waals surface area contributed by atoms with Crippen LogP contribution in [0.1, 0.15) is 11.1 Å². The van der Waals surface area contributed by atoms with Gasteiger partial charge in [-0.05, 0) is 41.2 Å². The smallest absolute Gasteiger partial charge is 0.106 e. The highest BCUT2D eigenvalue weighted by molar-refractivity contribution is 14.1. The van der Waals surface area contributed by atoms with Crippen molar-refractivity contribution in [1.82, 2.24) is 0 Å². The number of benzene rings is 1.